The second-order valence-corrected chi connectivity index (χ2v) is 5.18. The molecule has 1 aromatic carbocycles. The number of piperidine rings is 1. The summed E-state index contributed by atoms with van der Waals surface area (Å²) in [5.74, 6) is -0.589. The van der Waals surface area contributed by atoms with Gasteiger partial charge in [0.2, 0.25) is 0 Å². The molecule has 1 amide bonds. The third-order valence-corrected chi connectivity index (χ3v) is 3.66. The van der Waals surface area contributed by atoms with Crippen LogP contribution in [0.3, 0.4) is 0 Å². The molecule has 1 heterocycles. The molecule has 1 aromatic rings. The number of nitroso groups, excluding NO2 is 1. The quantitative estimate of drug-likeness (QED) is 0.830. The molecule has 1 unspecified atom stereocenters. The van der Waals surface area contributed by atoms with E-state index in [1.807, 2.05) is 18.2 Å². The largest absolute Gasteiger partial charge is 0.350 e. The average Bonchev–Trinajstić information content (AvgIpc) is 2.51. The van der Waals surface area contributed by atoms with Crippen molar-refractivity contribution in [2.45, 2.75) is 31.5 Å². The van der Waals surface area contributed by atoms with Crippen molar-refractivity contribution in [2.24, 2.45) is 5.18 Å². The van der Waals surface area contributed by atoms with Gasteiger partial charge in [0, 0.05) is 25.7 Å². The highest BCUT2D eigenvalue weighted by molar-refractivity contribution is 5.84. The van der Waals surface area contributed by atoms with Gasteiger partial charge in [-0.2, -0.15) is 5.26 Å². The number of likely N-dealkylation sites (tertiary alicyclic amines) is 1. The topological polar surface area (TPSA) is 85.6 Å². The zero-order valence-corrected chi connectivity index (χ0v) is 11.7. The fourth-order valence-corrected chi connectivity index (χ4v) is 2.49. The van der Waals surface area contributed by atoms with E-state index >= 15 is 0 Å². The summed E-state index contributed by atoms with van der Waals surface area (Å²) < 4.78 is 0. The van der Waals surface area contributed by atoms with Gasteiger partial charge in [0.25, 0.3) is 11.9 Å². The second-order valence-electron chi connectivity index (χ2n) is 5.18. The van der Waals surface area contributed by atoms with Gasteiger partial charge in [-0.05, 0) is 23.6 Å². The molecule has 1 aliphatic rings. The lowest BCUT2D eigenvalue weighted by Gasteiger charge is -2.32. The smallest absolute Gasteiger partial charge is 0.263 e. The van der Waals surface area contributed by atoms with E-state index in [1.165, 1.54) is 5.56 Å². The van der Waals surface area contributed by atoms with Crippen LogP contribution in [0.4, 0.5) is 0 Å². The zero-order chi connectivity index (χ0) is 15.1. The van der Waals surface area contributed by atoms with E-state index in [0.717, 1.165) is 32.5 Å². The standard InChI is InChI=1S/C15H18N4O2/c16-10-14(18-21)15(20)17-13-6-8-19(9-7-13)11-12-4-2-1-3-5-12/h1-5,13-14H,6-9,11H2,(H,17,20). The van der Waals surface area contributed by atoms with Crippen LogP contribution >= 0.6 is 0 Å². The van der Waals surface area contributed by atoms with Crippen LogP contribution in [0, 0.1) is 16.2 Å². The van der Waals surface area contributed by atoms with Crippen LogP contribution in [0.15, 0.2) is 35.5 Å². The van der Waals surface area contributed by atoms with Gasteiger partial charge in [-0.25, -0.2) is 0 Å². The van der Waals surface area contributed by atoms with Gasteiger partial charge in [-0.3, -0.25) is 9.69 Å². The SMILES string of the molecule is N#CC(N=O)C(=O)NC1CCN(Cc2ccccc2)CC1. The normalized spacial score (nSPS) is 17.7. The molecular weight excluding hydrogens is 268 g/mol. The number of nitrogens with zero attached hydrogens (tertiary/aromatic N) is 3. The van der Waals surface area contributed by atoms with Crippen molar-refractivity contribution in [1.82, 2.24) is 10.2 Å². The first-order chi connectivity index (χ1) is 10.2. The first-order valence-electron chi connectivity index (χ1n) is 7.01. The molecule has 0 radical (unpaired) electrons. The Morgan fingerprint density at radius 3 is 2.62 bits per heavy atom. The monoisotopic (exact) mass is 286 g/mol. The maximum atomic E-state index is 11.6. The Morgan fingerprint density at radius 2 is 2.05 bits per heavy atom. The summed E-state index contributed by atoms with van der Waals surface area (Å²) in [4.78, 5) is 24.3. The number of benzene rings is 1. The third kappa shape index (κ3) is 4.36. The van der Waals surface area contributed by atoms with Gasteiger partial charge in [0.1, 0.15) is 6.07 Å². The number of hydrogen-bond acceptors (Lipinski definition) is 5. The molecule has 0 saturated carbocycles. The van der Waals surface area contributed by atoms with Crippen LogP contribution in [0.1, 0.15) is 18.4 Å². The molecule has 1 atom stereocenters. The van der Waals surface area contributed by atoms with E-state index in [4.69, 9.17) is 5.26 Å². The third-order valence-electron chi connectivity index (χ3n) is 3.66. The van der Waals surface area contributed by atoms with Crippen LogP contribution in [-0.2, 0) is 11.3 Å². The van der Waals surface area contributed by atoms with Crippen LogP contribution in [0.5, 0.6) is 0 Å². The predicted molar refractivity (Wildman–Crippen MR) is 78.1 cm³/mol. The summed E-state index contributed by atoms with van der Waals surface area (Å²) in [5.41, 5.74) is 1.27. The van der Waals surface area contributed by atoms with Crippen LogP contribution < -0.4 is 5.32 Å². The van der Waals surface area contributed by atoms with Gasteiger partial charge in [0.15, 0.2) is 0 Å². The highest BCUT2D eigenvalue weighted by Crippen LogP contribution is 2.14. The van der Waals surface area contributed by atoms with Gasteiger partial charge in [0.05, 0.1) is 0 Å². The molecule has 1 fully saturated rings. The number of amides is 1. The number of rotatable bonds is 5. The molecule has 0 spiro atoms. The molecule has 1 aliphatic heterocycles. The lowest BCUT2D eigenvalue weighted by Crippen LogP contribution is -2.46. The zero-order valence-electron chi connectivity index (χ0n) is 11.7. The minimum Gasteiger partial charge on any atom is -0.350 e. The minimum atomic E-state index is -1.44. The Balaban J connectivity index is 1.77. The van der Waals surface area contributed by atoms with Gasteiger partial charge in [-0.15, -0.1) is 4.91 Å². The molecule has 6 heteroatoms. The van der Waals surface area contributed by atoms with Crippen molar-refractivity contribution < 1.29 is 4.79 Å². The lowest BCUT2D eigenvalue weighted by molar-refractivity contribution is -0.122. The van der Waals surface area contributed by atoms with E-state index in [-0.39, 0.29) is 6.04 Å². The summed E-state index contributed by atoms with van der Waals surface area (Å²) in [6, 6.07) is 10.4. The maximum Gasteiger partial charge on any atom is 0.263 e. The summed E-state index contributed by atoms with van der Waals surface area (Å²) in [5, 5.41) is 13.9. The van der Waals surface area contributed by atoms with Gasteiger partial charge in [-0.1, -0.05) is 30.3 Å². The molecule has 1 saturated heterocycles. The molecule has 0 aromatic heterocycles. The van der Waals surface area contributed by atoms with Crippen molar-refractivity contribution in [1.29, 1.82) is 5.26 Å². The molecule has 6 nitrogen and oxygen atoms in total. The molecule has 0 aliphatic carbocycles. The maximum absolute atomic E-state index is 11.6. The summed E-state index contributed by atoms with van der Waals surface area (Å²) in [6.45, 7) is 2.66. The summed E-state index contributed by atoms with van der Waals surface area (Å²) in [6.07, 6.45) is 1.63. The Bertz CT molecular complexity index is 518. The Labute approximate surface area is 123 Å². The Kier molecular flexibility index (Phi) is 5.41. The highest BCUT2D eigenvalue weighted by atomic mass is 16.3. The average molecular weight is 286 g/mol. The number of hydrogen-bond donors (Lipinski definition) is 1. The molecule has 21 heavy (non-hydrogen) atoms. The van der Waals surface area contributed by atoms with E-state index < -0.39 is 11.9 Å². The van der Waals surface area contributed by atoms with Gasteiger partial charge >= 0.3 is 0 Å². The fourth-order valence-electron chi connectivity index (χ4n) is 2.49. The number of carbonyl (C=O) groups is 1. The van der Waals surface area contributed by atoms with Crippen molar-refractivity contribution in [3.8, 4) is 6.07 Å². The van der Waals surface area contributed by atoms with Crippen molar-refractivity contribution in [3.63, 3.8) is 0 Å². The lowest BCUT2D eigenvalue weighted by atomic mass is 10.0. The van der Waals surface area contributed by atoms with Crippen LogP contribution in [0.25, 0.3) is 0 Å². The van der Waals surface area contributed by atoms with Crippen LogP contribution in [0.2, 0.25) is 0 Å². The molecule has 0 bridgehead atoms. The Hall–Kier alpha value is -2.26. The van der Waals surface area contributed by atoms with Crippen molar-refractivity contribution >= 4 is 5.91 Å². The van der Waals surface area contributed by atoms with E-state index in [2.05, 4.69) is 27.5 Å². The Morgan fingerprint density at radius 1 is 1.38 bits per heavy atom. The second kappa shape index (κ2) is 7.50. The fraction of sp³-hybridized carbons (Fsp3) is 0.467. The molecule has 2 rings (SSSR count). The summed E-state index contributed by atoms with van der Waals surface area (Å²) in [7, 11) is 0. The number of carbonyl (C=O) groups excluding carboxylic acids is 1. The highest BCUT2D eigenvalue weighted by Gasteiger charge is 2.25. The van der Waals surface area contributed by atoms with E-state index in [0.29, 0.717) is 0 Å². The number of nitriles is 1. The van der Waals surface area contributed by atoms with Crippen LogP contribution in [-0.4, -0.2) is 36.0 Å². The molecular formula is C15H18N4O2. The number of nitrogens with one attached hydrogen (secondary N) is 1. The molecule has 1 N–H and O–H groups in total. The summed E-state index contributed by atoms with van der Waals surface area (Å²) >= 11 is 0. The first kappa shape index (κ1) is 15.1. The molecule has 110 valence electrons. The van der Waals surface area contributed by atoms with E-state index in [1.54, 1.807) is 6.07 Å². The predicted octanol–water partition coefficient (Wildman–Crippen LogP) is 1.43. The van der Waals surface area contributed by atoms with Crippen molar-refractivity contribution in [3.05, 3.63) is 40.8 Å². The minimum absolute atomic E-state index is 0.0159. The van der Waals surface area contributed by atoms with Gasteiger partial charge < -0.3 is 5.32 Å². The van der Waals surface area contributed by atoms with E-state index in [9.17, 15) is 9.70 Å². The van der Waals surface area contributed by atoms with Crippen molar-refractivity contribution in [2.75, 3.05) is 13.1 Å². The first-order valence-corrected chi connectivity index (χ1v) is 7.01.